The molecule has 13 rings (SSSR count). The van der Waals surface area contributed by atoms with Gasteiger partial charge in [-0.2, -0.15) is 10.1 Å². The lowest BCUT2D eigenvalue weighted by Crippen LogP contribution is -2.61. The zero-order valence-electron chi connectivity index (χ0n) is 77.3. The van der Waals surface area contributed by atoms with Gasteiger partial charge in [-0.3, -0.25) is 33.7 Å². The van der Waals surface area contributed by atoms with Gasteiger partial charge in [-0.15, -0.1) is 0 Å². The van der Waals surface area contributed by atoms with E-state index in [9.17, 15) is 53.7 Å². The summed E-state index contributed by atoms with van der Waals surface area (Å²) in [5, 5.41) is 44.5. The maximum atomic E-state index is 14.9. The molecule has 2 aromatic carbocycles. The number of ether oxygens (including phenoxy) is 7. The van der Waals surface area contributed by atoms with E-state index in [-0.39, 0.29) is 99.6 Å². The molecule has 0 spiro atoms. The zero-order chi connectivity index (χ0) is 93.3. The number of piperazine rings is 2. The Labute approximate surface area is 765 Å². The molecule has 6 aromatic rings. The molecule has 1 aliphatic carbocycles. The maximum absolute atomic E-state index is 14.9. The number of fused-ring (bicyclic) bond motifs is 6. The first-order valence-electron chi connectivity index (χ1n) is 46.5. The molecule has 35 heteroatoms. The minimum absolute atomic E-state index is 0.00261. The lowest BCUT2D eigenvalue weighted by molar-refractivity contribution is -0.265. The molecular formula is C96H132N16O19. The number of aliphatic hydroxyl groups is 3. The average molecular weight is 1810 g/mol. The number of ketones is 2. The number of methoxy groups -OCH3 is 3. The van der Waals surface area contributed by atoms with Crippen molar-refractivity contribution in [3.63, 3.8) is 0 Å². The van der Waals surface area contributed by atoms with Crippen LogP contribution in [0.15, 0.2) is 107 Å². The molecule has 710 valence electrons. The number of aromatic nitrogens is 7. The van der Waals surface area contributed by atoms with E-state index in [1.807, 2.05) is 101 Å². The van der Waals surface area contributed by atoms with Crippen molar-refractivity contribution in [1.82, 2.24) is 64.5 Å². The minimum Gasteiger partial charge on any atom is -0.460 e. The van der Waals surface area contributed by atoms with E-state index in [1.165, 1.54) is 18.3 Å². The summed E-state index contributed by atoms with van der Waals surface area (Å²) in [4.78, 5) is 145. The molecule has 7 aliphatic rings. The van der Waals surface area contributed by atoms with Crippen molar-refractivity contribution in [2.24, 2.45) is 35.5 Å². The largest absolute Gasteiger partial charge is 0.460 e. The molecule has 0 radical (unpaired) electrons. The van der Waals surface area contributed by atoms with Crippen LogP contribution in [-0.2, 0) is 92.8 Å². The van der Waals surface area contributed by atoms with Crippen molar-refractivity contribution >= 4 is 87.2 Å². The number of cyclic esters (lactones) is 1. The Morgan fingerprint density at radius 2 is 1.46 bits per heavy atom. The molecule has 8 N–H and O–H groups in total. The van der Waals surface area contributed by atoms with Crippen LogP contribution >= 0.6 is 0 Å². The van der Waals surface area contributed by atoms with Crippen LogP contribution in [0.5, 0.6) is 0 Å². The molecular weight excluding hydrogens is 1680 g/mol. The Bertz CT molecular complexity index is 5100. The number of nitrogens with two attached hydrogens (primary N) is 2. The standard InChI is InChI=1S/C96H132N16O19/c1-58-16-12-11-13-17-59(2)77(124-8)50-71-24-19-64(7)96(123,131-71)88(119)91(120)111-31-15-14-18-73(111)92(121)128-78(51-74(113)60(3)45-63(6)86(118)87(126-10)85(117)62(5)44-58)61(4)46-65-21-25-76(79(48-65)125-9)130-95(122)101-54-67-52-99-94(100-53-67)109-39-37-108(38-40-109)82(116)30-42-127-43-41-106-33-35-107(36-34-106)80(114)27-28-81(115)110-32-29-68-47-66(20-22-70(68)56-110)55-112-90-83(89(97)102-57-103-90)84(105-112)69-23-26-75-72(49-69)104-93(98)129-75/h11-13,16-17,20,22-23,26,45,47,49,52-53,57-58,60-62,64-65,71,73-74,76-79,86-87,113,118,123H,14-15,18-19,21,24-25,27-44,46,48,50-51,54-56H2,1-10H3,(H2,98,104)(H,101,122)(H2,97,102,103)/b13-11?,16-12+,59-17?,63-45+/t58-,60-,61-,62-,64-,65+,71+,73+,74-,76-,77+,78+,79-,86-,87+,96-/m1/s1. The Balaban J connectivity index is 0.521. The van der Waals surface area contributed by atoms with Gasteiger partial charge in [-0.05, 0) is 148 Å². The summed E-state index contributed by atoms with van der Waals surface area (Å²) in [7, 11) is 4.52. The van der Waals surface area contributed by atoms with Gasteiger partial charge in [0.2, 0.25) is 29.5 Å². The van der Waals surface area contributed by atoms with E-state index in [0.29, 0.717) is 200 Å². The van der Waals surface area contributed by atoms with E-state index < -0.39 is 108 Å². The smallest absolute Gasteiger partial charge is 0.407 e. The highest BCUT2D eigenvalue weighted by molar-refractivity contribution is 6.39. The van der Waals surface area contributed by atoms with Crippen molar-refractivity contribution in [2.45, 2.75) is 231 Å². The molecule has 2 bridgehead atoms. The number of oxazole rings is 1. The van der Waals surface area contributed by atoms with Crippen LogP contribution in [-0.4, -0.2) is 289 Å². The number of Topliss-reactive ketones (excluding diaryl/α,β-unsaturated/α-hetero) is 2. The number of carbonyl (C=O) groups is 8. The van der Waals surface area contributed by atoms with Gasteiger partial charge in [0, 0.05) is 173 Å². The number of alkyl carbamates (subject to hydrolysis) is 1. The summed E-state index contributed by atoms with van der Waals surface area (Å²) >= 11 is 0. The van der Waals surface area contributed by atoms with Crippen LogP contribution in [0.4, 0.5) is 22.6 Å². The number of rotatable bonds is 22. The van der Waals surface area contributed by atoms with Gasteiger partial charge in [-0.25, -0.2) is 34.2 Å². The van der Waals surface area contributed by atoms with Gasteiger partial charge in [0.1, 0.15) is 53.8 Å². The van der Waals surface area contributed by atoms with Crippen LogP contribution in [0.1, 0.15) is 167 Å². The van der Waals surface area contributed by atoms with Crippen molar-refractivity contribution in [2.75, 3.05) is 123 Å². The van der Waals surface area contributed by atoms with Crippen LogP contribution in [0.25, 0.3) is 33.4 Å². The normalized spacial score (nSPS) is 28.0. The van der Waals surface area contributed by atoms with Crippen molar-refractivity contribution in [1.29, 1.82) is 0 Å². The monoisotopic (exact) mass is 1810 g/mol. The van der Waals surface area contributed by atoms with E-state index in [0.717, 1.165) is 27.8 Å². The molecule has 4 aromatic heterocycles. The van der Waals surface area contributed by atoms with Gasteiger partial charge in [0.25, 0.3) is 17.7 Å². The van der Waals surface area contributed by atoms with Gasteiger partial charge in [0.15, 0.2) is 17.0 Å². The lowest BCUT2D eigenvalue weighted by Gasteiger charge is -2.43. The average Bonchev–Trinajstić information content (AvgIpc) is 1.57. The number of piperidine rings is 1. The summed E-state index contributed by atoms with van der Waals surface area (Å²) in [6, 6.07) is 10.6. The molecule has 5 fully saturated rings. The van der Waals surface area contributed by atoms with E-state index in [4.69, 9.17) is 54.1 Å². The number of carbonyl (C=O) groups excluding carboxylic acids is 8. The summed E-state index contributed by atoms with van der Waals surface area (Å²) < 4.78 is 49.5. The number of nitrogens with one attached hydrogen (secondary N) is 1. The Kier molecular flexibility index (Phi) is 33.9. The molecule has 10 heterocycles. The molecule has 16 atom stereocenters. The number of hydrogen-bond acceptors (Lipinski definition) is 29. The predicted molar refractivity (Wildman–Crippen MR) is 488 cm³/mol. The Morgan fingerprint density at radius 1 is 0.718 bits per heavy atom. The summed E-state index contributed by atoms with van der Waals surface area (Å²) in [5.74, 6) is -7.32. The number of benzene rings is 2. The lowest BCUT2D eigenvalue weighted by atomic mass is 9.78. The molecule has 6 aliphatic heterocycles. The first-order chi connectivity index (χ1) is 62.9. The molecule has 35 nitrogen and oxygen atoms in total. The van der Waals surface area contributed by atoms with Crippen molar-refractivity contribution in [3.8, 4) is 11.3 Å². The number of esters is 1. The van der Waals surface area contributed by atoms with Gasteiger partial charge >= 0.3 is 12.1 Å². The third-order valence-corrected chi connectivity index (χ3v) is 27.4. The van der Waals surface area contributed by atoms with Crippen LogP contribution < -0.4 is 21.7 Å². The van der Waals surface area contributed by atoms with Crippen LogP contribution in [0, 0.1) is 35.5 Å². The molecule has 131 heavy (non-hydrogen) atoms. The van der Waals surface area contributed by atoms with Gasteiger partial charge in [0.05, 0.1) is 56.0 Å². The molecule has 5 amide bonds. The van der Waals surface area contributed by atoms with Crippen LogP contribution in [0.3, 0.4) is 0 Å². The summed E-state index contributed by atoms with van der Waals surface area (Å²) in [6.45, 7) is 20.2. The zero-order valence-corrected chi connectivity index (χ0v) is 77.3. The summed E-state index contributed by atoms with van der Waals surface area (Å²) in [6.07, 6.45) is 14.5. The van der Waals surface area contributed by atoms with E-state index in [1.54, 1.807) is 59.5 Å². The number of aliphatic hydroxyl groups excluding tert-OH is 2. The van der Waals surface area contributed by atoms with Crippen LogP contribution in [0.2, 0.25) is 0 Å². The third-order valence-electron chi connectivity index (χ3n) is 27.4. The fraction of sp³-hybridized carbons (Fsp3) is 0.604. The number of nitrogens with zero attached hydrogens (tertiary/aromatic N) is 13. The quantitative estimate of drug-likeness (QED) is 0.0161. The Morgan fingerprint density at radius 3 is 2.20 bits per heavy atom. The first kappa shape index (κ1) is 98.0. The highest BCUT2D eigenvalue weighted by atomic mass is 16.6. The highest BCUT2D eigenvalue weighted by Crippen LogP contribution is 2.40. The third kappa shape index (κ3) is 24.7. The predicted octanol–water partition coefficient (Wildman–Crippen LogP) is 8.42. The van der Waals surface area contributed by atoms with Crippen molar-refractivity contribution in [3.05, 3.63) is 125 Å². The first-order valence-corrected chi connectivity index (χ1v) is 46.5. The minimum atomic E-state index is -2.48. The number of anilines is 3. The number of amides is 5. The SMILES string of the molecule is CO[C@H]1C[C@@H]2CC[C@@H](C)[C@@](O)(O2)C(=O)C(=O)N2CCCC[C@H]2C(=O)O[C@H]([C@H](C)C[C@@H]2CC[C@@H](OC(=O)NCc3cnc(N4CCN(C(=O)CCOCCN5CCN(C(=O)CCC(=O)N6CCc7cc(Cn8nc(-c9ccc%10oc(N)nc%10c9)c9c(N)ncnc98)ccc7C6)CC5)CC4)nc3)[C@H](OC)C2)C[C@@H](O)[C@H](C)/C=C(\C)[C@@H](O)[C@@H](OC)C(=O)[C@H](C)C[C@H](C)/C=C/C=CC=C1C. The summed E-state index contributed by atoms with van der Waals surface area (Å²) in [5.41, 5.74) is 20.5. The highest BCUT2D eigenvalue weighted by Gasteiger charge is 2.53. The topological polar surface area (TPSA) is 441 Å². The second-order valence-corrected chi connectivity index (χ2v) is 36.7. The van der Waals surface area contributed by atoms with E-state index in [2.05, 4.69) is 47.3 Å². The second kappa shape index (κ2) is 45.3. The fourth-order valence-corrected chi connectivity index (χ4v) is 19.4. The maximum Gasteiger partial charge on any atom is 0.407 e. The Hall–Kier alpha value is -10.5. The number of allylic oxidation sites excluding steroid dienone is 5. The number of hydrogen-bond donors (Lipinski definition) is 6. The molecule has 4 saturated heterocycles. The molecule has 0 unspecified atom stereocenters. The second-order valence-electron chi connectivity index (χ2n) is 36.7. The van der Waals surface area contributed by atoms with Crippen molar-refractivity contribution < 1.29 is 91.3 Å². The van der Waals surface area contributed by atoms with Gasteiger partial charge in [-0.1, -0.05) is 89.3 Å². The van der Waals surface area contributed by atoms with E-state index >= 15 is 0 Å². The molecule has 1 saturated carbocycles. The fourth-order valence-electron chi connectivity index (χ4n) is 19.4. The van der Waals surface area contributed by atoms with Gasteiger partial charge < -0.3 is 94.2 Å². The number of nitrogen functional groups attached to an aromatic ring is 2.